The molecule has 3 heterocycles. The summed E-state index contributed by atoms with van der Waals surface area (Å²) in [5, 5.41) is 13.7. The number of carboxylic acids is 1. The Kier molecular flexibility index (Phi) is 4.95. The second-order valence-electron chi connectivity index (χ2n) is 8.82. The van der Waals surface area contributed by atoms with Crippen molar-refractivity contribution in [1.82, 2.24) is 14.9 Å². The van der Waals surface area contributed by atoms with Crippen molar-refractivity contribution < 1.29 is 9.90 Å². The van der Waals surface area contributed by atoms with Crippen molar-refractivity contribution in [3.05, 3.63) is 36.2 Å². The number of benzene rings is 1. The summed E-state index contributed by atoms with van der Waals surface area (Å²) in [5.74, 6) is 2.24. The molecule has 1 aliphatic carbocycles. The molecule has 3 aliphatic rings. The van der Waals surface area contributed by atoms with Crippen LogP contribution in [0.4, 0.5) is 11.5 Å². The number of anilines is 2. The van der Waals surface area contributed by atoms with E-state index in [1.54, 1.807) is 24.2 Å². The average molecular weight is 411 g/mol. The fourth-order valence-electron chi connectivity index (χ4n) is 5.52. The van der Waals surface area contributed by atoms with Crippen molar-refractivity contribution in [2.75, 3.05) is 18.4 Å². The van der Waals surface area contributed by atoms with E-state index in [0.717, 1.165) is 49.0 Å². The minimum Gasteiger partial charge on any atom is -0.481 e. The third-order valence-corrected chi connectivity index (χ3v) is 7.66. The highest BCUT2D eigenvalue weighted by molar-refractivity contribution is 7.99. The molecular formula is C22H26N4O2S. The van der Waals surface area contributed by atoms with Crippen molar-refractivity contribution in [3.8, 4) is 0 Å². The molecule has 2 unspecified atom stereocenters. The minimum atomic E-state index is -0.644. The summed E-state index contributed by atoms with van der Waals surface area (Å²) in [4.78, 5) is 23.8. The van der Waals surface area contributed by atoms with Gasteiger partial charge in [0.25, 0.3) is 0 Å². The van der Waals surface area contributed by atoms with Gasteiger partial charge in [0.2, 0.25) is 0 Å². The van der Waals surface area contributed by atoms with E-state index in [9.17, 15) is 9.90 Å². The molecule has 6 nitrogen and oxygen atoms in total. The lowest BCUT2D eigenvalue weighted by atomic mass is 9.64. The van der Waals surface area contributed by atoms with Gasteiger partial charge in [-0.3, -0.25) is 9.69 Å². The topological polar surface area (TPSA) is 78.3 Å². The number of rotatable bonds is 4. The number of hydrogen-bond acceptors (Lipinski definition) is 6. The maximum atomic E-state index is 11.3. The van der Waals surface area contributed by atoms with Crippen molar-refractivity contribution >= 4 is 29.2 Å². The normalized spacial score (nSPS) is 28.2. The minimum absolute atomic E-state index is 0.330. The third kappa shape index (κ3) is 3.85. The van der Waals surface area contributed by atoms with Crippen LogP contribution in [0.25, 0.3) is 0 Å². The van der Waals surface area contributed by atoms with Crippen LogP contribution >= 0.6 is 11.8 Å². The fourth-order valence-corrected chi connectivity index (χ4v) is 6.40. The van der Waals surface area contributed by atoms with Gasteiger partial charge in [-0.15, -0.1) is 0 Å². The number of nitrogens with one attached hydrogen (secondary N) is 1. The van der Waals surface area contributed by atoms with E-state index in [-0.39, 0.29) is 0 Å². The summed E-state index contributed by atoms with van der Waals surface area (Å²) in [6.45, 7) is 5.24. The zero-order chi connectivity index (χ0) is 20.0. The van der Waals surface area contributed by atoms with Gasteiger partial charge in [-0.05, 0) is 54.2 Å². The maximum absolute atomic E-state index is 11.3. The molecule has 1 aromatic carbocycles. The van der Waals surface area contributed by atoms with Gasteiger partial charge in [0.15, 0.2) is 5.82 Å². The van der Waals surface area contributed by atoms with E-state index in [2.05, 4.69) is 45.3 Å². The van der Waals surface area contributed by atoms with Crippen LogP contribution < -0.4 is 5.32 Å². The molecular weight excluding hydrogens is 384 g/mol. The van der Waals surface area contributed by atoms with Gasteiger partial charge in [0, 0.05) is 43.3 Å². The molecule has 7 heteroatoms. The van der Waals surface area contributed by atoms with Crippen molar-refractivity contribution in [1.29, 1.82) is 0 Å². The molecule has 29 heavy (non-hydrogen) atoms. The molecule has 1 saturated heterocycles. The smallest absolute Gasteiger partial charge is 0.303 e. The molecule has 152 valence electrons. The number of carbonyl (C=O) groups is 1. The first-order valence-electron chi connectivity index (χ1n) is 10.4. The number of carboxylic acid groups (broad SMARTS) is 1. The predicted molar refractivity (Wildman–Crippen MR) is 112 cm³/mol. The van der Waals surface area contributed by atoms with E-state index in [1.807, 2.05) is 0 Å². The van der Waals surface area contributed by atoms with Gasteiger partial charge in [0.05, 0.1) is 5.69 Å². The Morgan fingerprint density at radius 3 is 2.76 bits per heavy atom. The molecule has 0 radical (unpaired) electrons. The molecule has 1 saturated carbocycles. The van der Waals surface area contributed by atoms with E-state index < -0.39 is 5.97 Å². The number of fused-ring (bicyclic) bond motifs is 4. The van der Waals surface area contributed by atoms with E-state index in [0.29, 0.717) is 30.1 Å². The number of nitrogens with zero attached hydrogens (tertiary/aromatic N) is 3. The Balaban J connectivity index is 1.30. The maximum Gasteiger partial charge on any atom is 0.303 e. The molecule has 2 aliphatic heterocycles. The summed E-state index contributed by atoms with van der Waals surface area (Å²) in [6.07, 6.45) is 6.07. The largest absolute Gasteiger partial charge is 0.481 e. The Bertz CT molecular complexity index is 921. The highest BCUT2D eigenvalue weighted by atomic mass is 32.2. The van der Waals surface area contributed by atoms with Crippen molar-refractivity contribution in [3.63, 3.8) is 0 Å². The average Bonchev–Trinajstić information content (AvgIpc) is 2.67. The number of aliphatic carboxylic acids is 1. The van der Waals surface area contributed by atoms with Crippen LogP contribution in [0.5, 0.6) is 0 Å². The molecule has 0 spiro atoms. The lowest BCUT2D eigenvalue weighted by molar-refractivity contribution is -0.141. The van der Waals surface area contributed by atoms with Crippen LogP contribution in [0.15, 0.2) is 40.5 Å². The summed E-state index contributed by atoms with van der Waals surface area (Å²) in [7, 11) is 0. The monoisotopic (exact) mass is 410 g/mol. The van der Waals surface area contributed by atoms with Crippen molar-refractivity contribution in [2.45, 2.75) is 42.7 Å². The quantitative estimate of drug-likeness (QED) is 0.665. The predicted octanol–water partition coefficient (Wildman–Crippen LogP) is 4.25. The second-order valence-corrected chi connectivity index (χ2v) is 9.85. The number of likely N-dealkylation sites (tertiary alicyclic amines) is 1. The van der Waals surface area contributed by atoms with Gasteiger partial charge < -0.3 is 10.4 Å². The SMILES string of the molecule is CC1CC2CN(Cc3ccc4c(c3)Nc3nccnc3S4)CC(C1)C2CC(=O)O. The van der Waals surface area contributed by atoms with Gasteiger partial charge in [-0.25, -0.2) is 9.97 Å². The fraction of sp³-hybridized carbons (Fsp3) is 0.500. The van der Waals surface area contributed by atoms with Crippen LogP contribution in [0, 0.1) is 23.7 Å². The van der Waals surface area contributed by atoms with Crippen LogP contribution in [-0.2, 0) is 11.3 Å². The van der Waals surface area contributed by atoms with E-state index in [4.69, 9.17) is 0 Å². The first-order valence-corrected chi connectivity index (χ1v) is 11.2. The number of aromatic nitrogens is 2. The summed E-state index contributed by atoms with van der Waals surface area (Å²) in [5.41, 5.74) is 2.38. The van der Waals surface area contributed by atoms with Gasteiger partial charge in [-0.1, -0.05) is 24.8 Å². The van der Waals surface area contributed by atoms with Crippen LogP contribution in [-0.4, -0.2) is 39.0 Å². The lowest BCUT2D eigenvalue weighted by Crippen LogP contribution is -2.50. The lowest BCUT2D eigenvalue weighted by Gasteiger charge is -2.49. The highest BCUT2D eigenvalue weighted by Gasteiger charge is 2.42. The molecule has 0 amide bonds. The Hall–Kier alpha value is -2.12. The van der Waals surface area contributed by atoms with Gasteiger partial charge >= 0.3 is 5.97 Å². The third-order valence-electron chi connectivity index (χ3n) is 6.59. The molecule has 2 atom stereocenters. The molecule has 2 fully saturated rings. The first kappa shape index (κ1) is 18.9. The highest BCUT2D eigenvalue weighted by Crippen LogP contribution is 2.45. The Labute approximate surface area is 175 Å². The standard InChI is InChI=1S/C22H26N4O2S/c1-13-6-15-11-26(12-16(7-13)17(15)9-20(27)28)10-14-2-3-19-18(8-14)25-21-22(29-19)24-5-4-23-21/h2-5,8,13,15-17H,6-7,9-12H2,1H3,(H,23,25)(H,27,28). The Morgan fingerprint density at radius 2 is 2.00 bits per heavy atom. The van der Waals surface area contributed by atoms with Crippen molar-refractivity contribution in [2.24, 2.45) is 23.7 Å². The summed E-state index contributed by atoms with van der Waals surface area (Å²) in [6, 6.07) is 6.60. The zero-order valence-electron chi connectivity index (χ0n) is 16.5. The molecule has 2 aromatic rings. The van der Waals surface area contributed by atoms with E-state index in [1.165, 1.54) is 10.5 Å². The van der Waals surface area contributed by atoms with Crippen LogP contribution in [0.3, 0.4) is 0 Å². The molecule has 2 N–H and O–H groups in total. The number of hydrogen-bond donors (Lipinski definition) is 2. The molecule has 5 rings (SSSR count). The first-order chi connectivity index (χ1) is 14.0. The number of piperidine rings is 1. The van der Waals surface area contributed by atoms with Crippen LogP contribution in [0.2, 0.25) is 0 Å². The molecule has 2 bridgehead atoms. The van der Waals surface area contributed by atoms with Gasteiger partial charge in [0.1, 0.15) is 5.03 Å². The second kappa shape index (κ2) is 7.61. The summed E-state index contributed by atoms with van der Waals surface area (Å²) >= 11 is 1.65. The van der Waals surface area contributed by atoms with E-state index >= 15 is 0 Å². The summed E-state index contributed by atoms with van der Waals surface area (Å²) < 4.78 is 0. The zero-order valence-corrected chi connectivity index (χ0v) is 17.4. The Morgan fingerprint density at radius 1 is 1.24 bits per heavy atom. The van der Waals surface area contributed by atoms with Gasteiger partial charge in [-0.2, -0.15) is 0 Å². The molecule has 1 aromatic heterocycles. The van der Waals surface area contributed by atoms with Crippen LogP contribution in [0.1, 0.15) is 31.7 Å².